The van der Waals surface area contributed by atoms with Crippen LogP contribution in [-0.4, -0.2) is 11.3 Å². The van der Waals surface area contributed by atoms with Crippen LogP contribution in [0.15, 0.2) is 28.7 Å². The van der Waals surface area contributed by atoms with E-state index in [0.717, 1.165) is 29.7 Å². The van der Waals surface area contributed by atoms with Gasteiger partial charge in [-0.15, -0.1) is 0 Å². The van der Waals surface area contributed by atoms with Gasteiger partial charge in [0.2, 0.25) is 0 Å². The summed E-state index contributed by atoms with van der Waals surface area (Å²) in [5.74, 6) is 1.46. The molecule has 3 nitrogen and oxygen atoms in total. The molecule has 0 atom stereocenters. The average Bonchev–Trinajstić information content (AvgIpc) is 2.70. The number of aldehydes is 1. The van der Waals surface area contributed by atoms with Crippen LogP contribution in [0.5, 0.6) is 0 Å². The van der Waals surface area contributed by atoms with Crippen LogP contribution in [0, 0.1) is 6.92 Å². The van der Waals surface area contributed by atoms with Crippen LogP contribution in [0.4, 0.5) is 0 Å². The fourth-order valence-electron chi connectivity index (χ4n) is 1.73. The van der Waals surface area contributed by atoms with Crippen molar-refractivity contribution in [2.45, 2.75) is 20.3 Å². The van der Waals surface area contributed by atoms with Crippen LogP contribution >= 0.6 is 0 Å². The van der Waals surface area contributed by atoms with Crippen molar-refractivity contribution < 1.29 is 9.21 Å². The van der Waals surface area contributed by atoms with E-state index in [2.05, 4.69) is 4.98 Å². The van der Waals surface area contributed by atoms with Gasteiger partial charge in [-0.2, -0.15) is 0 Å². The molecule has 0 aliphatic heterocycles. The van der Waals surface area contributed by atoms with E-state index in [-0.39, 0.29) is 0 Å². The number of aromatic nitrogens is 1. The maximum atomic E-state index is 10.9. The highest BCUT2D eigenvalue weighted by Crippen LogP contribution is 2.26. The summed E-state index contributed by atoms with van der Waals surface area (Å²) in [6, 6.07) is 7.41. The summed E-state index contributed by atoms with van der Waals surface area (Å²) in [4.78, 5) is 15.3. The molecule has 0 fully saturated rings. The molecule has 82 valence electrons. The second kappa shape index (κ2) is 4.31. The summed E-state index contributed by atoms with van der Waals surface area (Å²) >= 11 is 0. The lowest BCUT2D eigenvalue weighted by molar-refractivity contribution is 0.112. The predicted molar refractivity (Wildman–Crippen MR) is 61.4 cm³/mol. The van der Waals surface area contributed by atoms with Crippen molar-refractivity contribution in [3.63, 3.8) is 0 Å². The molecule has 0 amide bonds. The van der Waals surface area contributed by atoms with Gasteiger partial charge in [0.25, 0.3) is 0 Å². The Balaban J connectivity index is 2.61. The lowest BCUT2D eigenvalue weighted by Gasteiger charge is -2.01. The van der Waals surface area contributed by atoms with Crippen molar-refractivity contribution in [3.8, 4) is 11.3 Å². The zero-order chi connectivity index (χ0) is 11.5. The van der Waals surface area contributed by atoms with Gasteiger partial charge in [-0.1, -0.05) is 31.2 Å². The molecule has 0 N–H and O–H groups in total. The van der Waals surface area contributed by atoms with E-state index in [9.17, 15) is 4.79 Å². The molecule has 2 rings (SSSR count). The fraction of sp³-hybridized carbons (Fsp3) is 0.231. The zero-order valence-corrected chi connectivity index (χ0v) is 9.36. The van der Waals surface area contributed by atoms with Crippen molar-refractivity contribution in [1.29, 1.82) is 0 Å². The molecule has 1 heterocycles. The standard InChI is InChI=1S/C13H13NO2/c1-3-12-13(14-9(2)16-12)11-7-5-4-6-10(11)8-15/h4-8H,3H2,1-2H3. The number of nitrogens with zero attached hydrogens (tertiary/aromatic N) is 1. The van der Waals surface area contributed by atoms with Gasteiger partial charge in [0.15, 0.2) is 12.2 Å². The smallest absolute Gasteiger partial charge is 0.191 e. The molecule has 1 aromatic carbocycles. The minimum absolute atomic E-state index is 0.632. The van der Waals surface area contributed by atoms with Crippen LogP contribution in [0.3, 0.4) is 0 Å². The molecule has 3 heteroatoms. The maximum absolute atomic E-state index is 10.9. The normalized spacial score (nSPS) is 10.4. The van der Waals surface area contributed by atoms with Crippen molar-refractivity contribution >= 4 is 6.29 Å². The van der Waals surface area contributed by atoms with Crippen molar-refractivity contribution in [3.05, 3.63) is 41.5 Å². The highest BCUT2D eigenvalue weighted by Gasteiger charge is 2.13. The molecular weight excluding hydrogens is 202 g/mol. The third-order valence-corrected chi connectivity index (χ3v) is 2.47. The molecule has 0 spiro atoms. The topological polar surface area (TPSA) is 43.1 Å². The second-order valence-electron chi connectivity index (χ2n) is 3.56. The molecule has 0 saturated carbocycles. The largest absolute Gasteiger partial charge is 0.445 e. The lowest BCUT2D eigenvalue weighted by atomic mass is 10.0. The summed E-state index contributed by atoms with van der Waals surface area (Å²) < 4.78 is 5.49. The highest BCUT2D eigenvalue weighted by molar-refractivity contribution is 5.86. The van der Waals surface area contributed by atoms with Crippen molar-refractivity contribution in [2.24, 2.45) is 0 Å². The van der Waals surface area contributed by atoms with Gasteiger partial charge in [-0.25, -0.2) is 4.98 Å². The summed E-state index contributed by atoms with van der Waals surface area (Å²) in [5, 5.41) is 0. The molecule has 0 aliphatic rings. The zero-order valence-electron chi connectivity index (χ0n) is 9.36. The molecule has 0 saturated heterocycles. The molecular formula is C13H13NO2. The third kappa shape index (κ3) is 1.76. The van der Waals surface area contributed by atoms with Crippen molar-refractivity contribution in [1.82, 2.24) is 4.98 Å². The summed E-state index contributed by atoms with van der Waals surface area (Å²) in [5.41, 5.74) is 2.26. The maximum Gasteiger partial charge on any atom is 0.191 e. The molecule has 0 aliphatic carbocycles. The Morgan fingerprint density at radius 3 is 2.81 bits per heavy atom. The predicted octanol–water partition coefficient (Wildman–Crippen LogP) is 3.02. The third-order valence-electron chi connectivity index (χ3n) is 2.47. The van der Waals surface area contributed by atoms with E-state index in [0.29, 0.717) is 11.5 Å². The SMILES string of the molecule is CCc1oc(C)nc1-c1ccccc1C=O. The number of hydrogen-bond donors (Lipinski definition) is 0. The van der Waals surface area contributed by atoms with Crippen LogP contribution in [-0.2, 0) is 6.42 Å². The van der Waals surface area contributed by atoms with Gasteiger partial charge in [0, 0.05) is 24.5 Å². The minimum atomic E-state index is 0.632. The van der Waals surface area contributed by atoms with Gasteiger partial charge in [0.05, 0.1) is 0 Å². The number of oxazole rings is 1. The monoisotopic (exact) mass is 215 g/mol. The Kier molecular flexibility index (Phi) is 2.86. The Bertz CT molecular complexity index is 514. The molecule has 2 aromatic rings. The van der Waals surface area contributed by atoms with Crippen LogP contribution in [0.1, 0.15) is 28.9 Å². The van der Waals surface area contributed by atoms with Crippen LogP contribution in [0.25, 0.3) is 11.3 Å². The molecule has 0 bridgehead atoms. The molecule has 0 radical (unpaired) electrons. The quantitative estimate of drug-likeness (QED) is 0.739. The Hall–Kier alpha value is -1.90. The molecule has 16 heavy (non-hydrogen) atoms. The summed E-state index contributed by atoms with van der Waals surface area (Å²) in [6.07, 6.45) is 1.61. The van der Waals surface area contributed by atoms with E-state index >= 15 is 0 Å². The Labute approximate surface area is 94.1 Å². The first-order chi connectivity index (χ1) is 7.76. The number of hydrogen-bond acceptors (Lipinski definition) is 3. The van der Waals surface area contributed by atoms with E-state index in [1.54, 1.807) is 6.07 Å². The molecule has 1 aromatic heterocycles. The minimum Gasteiger partial charge on any atom is -0.445 e. The van der Waals surface area contributed by atoms with Gasteiger partial charge < -0.3 is 4.42 Å². The number of carbonyl (C=O) groups is 1. The van der Waals surface area contributed by atoms with E-state index in [1.165, 1.54) is 0 Å². The number of rotatable bonds is 3. The highest BCUT2D eigenvalue weighted by atomic mass is 16.4. The van der Waals surface area contributed by atoms with Gasteiger partial charge in [-0.3, -0.25) is 4.79 Å². The lowest BCUT2D eigenvalue weighted by Crippen LogP contribution is -1.90. The van der Waals surface area contributed by atoms with Gasteiger partial charge >= 0.3 is 0 Å². The molecule has 0 unspecified atom stereocenters. The first kappa shape index (κ1) is 10.6. The summed E-state index contributed by atoms with van der Waals surface area (Å²) in [6.45, 7) is 3.82. The Morgan fingerprint density at radius 2 is 2.12 bits per heavy atom. The van der Waals surface area contributed by atoms with Crippen LogP contribution < -0.4 is 0 Å². The fourth-order valence-corrected chi connectivity index (χ4v) is 1.73. The summed E-state index contributed by atoms with van der Waals surface area (Å²) in [7, 11) is 0. The van der Waals surface area contributed by atoms with E-state index in [1.807, 2.05) is 32.0 Å². The van der Waals surface area contributed by atoms with Gasteiger partial charge in [0.1, 0.15) is 11.5 Å². The number of aryl methyl sites for hydroxylation is 2. The van der Waals surface area contributed by atoms with Gasteiger partial charge in [-0.05, 0) is 0 Å². The Morgan fingerprint density at radius 1 is 1.38 bits per heavy atom. The van der Waals surface area contributed by atoms with E-state index in [4.69, 9.17) is 4.42 Å². The first-order valence-corrected chi connectivity index (χ1v) is 5.27. The average molecular weight is 215 g/mol. The first-order valence-electron chi connectivity index (χ1n) is 5.27. The van der Waals surface area contributed by atoms with Crippen LogP contribution in [0.2, 0.25) is 0 Å². The second-order valence-corrected chi connectivity index (χ2v) is 3.56. The van der Waals surface area contributed by atoms with Crippen molar-refractivity contribution in [2.75, 3.05) is 0 Å². The number of carbonyl (C=O) groups excluding carboxylic acids is 1. The van der Waals surface area contributed by atoms with E-state index < -0.39 is 0 Å². The number of benzene rings is 1.